The third-order valence-electron chi connectivity index (χ3n) is 4.17. The summed E-state index contributed by atoms with van der Waals surface area (Å²) in [6.45, 7) is 7.72. The minimum Gasteiger partial charge on any atom is -0.489 e. The van der Waals surface area contributed by atoms with Crippen molar-refractivity contribution in [3.05, 3.63) is 30.1 Å². The lowest BCUT2D eigenvalue weighted by molar-refractivity contribution is 0.193. The summed E-state index contributed by atoms with van der Waals surface area (Å²) in [5.41, 5.74) is 0.0137. The zero-order valence-electron chi connectivity index (χ0n) is 16.1. The second-order valence-electron chi connectivity index (χ2n) is 6.62. The molecule has 0 aliphatic heterocycles. The van der Waals surface area contributed by atoms with Crippen molar-refractivity contribution in [2.24, 2.45) is 4.99 Å². The molecule has 1 rings (SSSR count). The van der Waals surface area contributed by atoms with Crippen molar-refractivity contribution in [1.29, 1.82) is 0 Å². The molecule has 25 heavy (non-hydrogen) atoms. The van der Waals surface area contributed by atoms with Gasteiger partial charge in [-0.2, -0.15) is 0 Å². The summed E-state index contributed by atoms with van der Waals surface area (Å²) in [4.78, 5) is 6.40. The maximum atomic E-state index is 13.2. The van der Waals surface area contributed by atoms with Gasteiger partial charge in [0.25, 0.3) is 0 Å². The Kier molecular flexibility index (Phi) is 11.0. The standard InChI is InChI=1S/C18H31FN4O.HI/c1-7-15(24-16-10-8-9-14(19)11-16)12-21-17(20-4)22-13-18(2,3)23(5)6;/h8-11,15H,7,12-13H2,1-6H3,(H2,20,21,22);1H. The van der Waals surface area contributed by atoms with Crippen LogP contribution in [0.5, 0.6) is 5.75 Å². The average Bonchev–Trinajstić information content (AvgIpc) is 2.53. The molecule has 0 saturated heterocycles. The van der Waals surface area contributed by atoms with Crippen LogP contribution in [0.4, 0.5) is 4.39 Å². The van der Waals surface area contributed by atoms with Crippen LogP contribution >= 0.6 is 24.0 Å². The third kappa shape index (κ3) is 8.71. The van der Waals surface area contributed by atoms with Crippen molar-refractivity contribution in [2.45, 2.75) is 38.8 Å². The highest BCUT2D eigenvalue weighted by Gasteiger charge is 2.20. The van der Waals surface area contributed by atoms with Crippen LogP contribution in [0.3, 0.4) is 0 Å². The molecule has 0 aromatic heterocycles. The van der Waals surface area contributed by atoms with Gasteiger partial charge in [0.1, 0.15) is 17.7 Å². The van der Waals surface area contributed by atoms with Crippen LogP contribution in [-0.2, 0) is 0 Å². The second kappa shape index (κ2) is 11.5. The summed E-state index contributed by atoms with van der Waals surface area (Å²) in [6, 6.07) is 6.21. The number of halogens is 2. The first-order chi connectivity index (χ1) is 11.3. The number of likely N-dealkylation sites (N-methyl/N-ethyl adjacent to an activating group) is 1. The first-order valence-corrected chi connectivity index (χ1v) is 8.32. The van der Waals surface area contributed by atoms with Crippen LogP contribution in [0.1, 0.15) is 27.2 Å². The Bertz CT molecular complexity index is 538. The van der Waals surface area contributed by atoms with Gasteiger partial charge in [-0.05, 0) is 46.5 Å². The molecule has 0 heterocycles. The molecule has 1 aromatic rings. The van der Waals surface area contributed by atoms with Crippen LogP contribution in [0.25, 0.3) is 0 Å². The fraction of sp³-hybridized carbons (Fsp3) is 0.611. The summed E-state index contributed by atoms with van der Waals surface area (Å²) in [5.74, 6) is 0.977. The quantitative estimate of drug-likeness (QED) is 0.351. The molecule has 0 amide bonds. The van der Waals surface area contributed by atoms with Crippen molar-refractivity contribution < 1.29 is 9.13 Å². The molecule has 2 N–H and O–H groups in total. The molecule has 5 nitrogen and oxygen atoms in total. The highest BCUT2D eigenvalue weighted by Crippen LogP contribution is 2.14. The zero-order valence-corrected chi connectivity index (χ0v) is 18.4. The van der Waals surface area contributed by atoms with Crippen molar-refractivity contribution in [3.63, 3.8) is 0 Å². The zero-order chi connectivity index (χ0) is 18.2. The van der Waals surface area contributed by atoms with Gasteiger partial charge in [-0.15, -0.1) is 24.0 Å². The van der Waals surface area contributed by atoms with E-state index in [1.54, 1.807) is 19.2 Å². The molecule has 0 spiro atoms. The van der Waals surface area contributed by atoms with Crippen molar-refractivity contribution in [2.75, 3.05) is 34.2 Å². The number of hydrogen-bond donors (Lipinski definition) is 2. The van der Waals surface area contributed by atoms with Crippen LogP contribution in [0.15, 0.2) is 29.3 Å². The van der Waals surface area contributed by atoms with E-state index in [0.717, 1.165) is 18.9 Å². The molecular weight excluding hydrogens is 434 g/mol. The number of nitrogens with zero attached hydrogens (tertiary/aromatic N) is 2. The number of benzene rings is 1. The number of hydrogen-bond acceptors (Lipinski definition) is 3. The minimum absolute atomic E-state index is 0. The largest absolute Gasteiger partial charge is 0.489 e. The molecule has 0 radical (unpaired) electrons. The molecule has 144 valence electrons. The summed E-state index contributed by atoms with van der Waals surface area (Å²) < 4.78 is 19.1. The molecule has 0 bridgehead atoms. The number of aliphatic imine (C=N–C) groups is 1. The predicted molar refractivity (Wildman–Crippen MR) is 114 cm³/mol. The monoisotopic (exact) mass is 466 g/mol. The minimum atomic E-state index is -0.293. The molecule has 1 aromatic carbocycles. The Morgan fingerprint density at radius 1 is 1.32 bits per heavy atom. The molecule has 1 unspecified atom stereocenters. The maximum absolute atomic E-state index is 13.2. The lowest BCUT2D eigenvalue weighted by atomic mass is 10.0. The maximum Gasteiger partial charge on any atom is 0.191 e. The van der Waals surface area contributed by atoms with Gasteiger partial charge in [-0.1, -0.05) is 13.0 Å². The average molecular weight is 466 g/mol. The van der Waals surface area contributed by atoms with Gasteiger partial charge < -0.3 is 20.3 Å². The Morgan fingerprint density at radius 3 is 2.52 bits per heavy atom. The first kappa shape index (κ1) is 23.9. The number of guanidine groups is 1. The first-order valence-electron chi connectivity index (χ1n) is 8.32. The van der Waals surface area contributed by atoms with E-state index in [9.17, 15) is 4.39 Å². The van der Waals surface area contributed by atoms with Gasteiger partial charge in [0.05, 0.1) is 6.54 Å². The van der Waals surface area contributed by atoms with Crippen LogP contribution in [0, 0.1) is 5.82 Å². The Balaban J connectivity index is 0.00000576. The number of rotatable bonds is 8. The van der Waals surface area contributed by atoms with Crippen molar-refractivity contribution in [1.82, 2.24) is 15.5 Å². The lowest BCUT2D eigenvalue weighted by Gasteiger charge is -2.33. The molecule has 0 saturated carbocycles. The van der Waals surface area contributed by atoms with Gasteiger partial charge in [-0.25, -0.2) is 4.39 Å². The van der Waals surface area contributed by atoms with E-state index in [1.165, 1.54) is 12.1 Å². The lowest BCUT2D eigenvalue weighted by Crippen LogP contribution is -2.51. The molecule has 1 atom stereocenters. The summed E-state index contributed by atoms with van der Waals surface area (Å²) >= 11 is 0. The van der Waals surface area contributed by atoms with E-state index < -0.39 is 0 Å². The Hall–Kier alpha value is -1.09. The van der Waals surface area contributed by atoms with Gasteiger partial charge in [0.2, 0.25) is 0 Å². The van der Waals surface area contributed by atoms with Gasteiger partial charge in [0, 0.05) is 25.2 Å². The molecule has 0 fully saturated rings. The van der Waals surface area contributed by atoms with E-state index in [0.29, 0.717) is 12.3 Å². The molecular formula is C18H32FIN4O. The number of ether oxygens (including phenoxy) is 1. The molecule has 0 aliphatic carbocycles. The summed E-state index contributed by atoms with van der Waals surface area (Å²) in [6.07, 6.45) is 0.746. The van der Waals surface area contributed by atoms with Gasteiger partial charge >= 0.3 is 0 Å². The van der Waals surface area contributed by atoms with E-state index in [1.807, 2.05) is 6.92 Å². The van der Waals surface area contributed by atoms with Crippen LogP contribution in [0.2, 0.25) is 0 Å². The SMILES string of the molecule is CCC(CNC(=NC)NCC(C)(C)N(C)C)Oc1cccc(F)c1.I. The van der Waals surface area contributed by atoms with E-state index in [2.05, 4.69) is 48.5 Å². The van der Waals surface area contributed by atoms with Gasteiger partial charge in [0.15, 0.2) is 5.96 Å². The predicted octanol–water partition coefficient (Wildman–Crippen LogP) is 3.11. The van der Waals surface area contributed by atoms with E-state index in [4.69, 9.17) is 4.74 Å². The second-order valence-corrected chi connectivity index (χ2v) is 6.62. The Labute approximate surface area is 168 Å². The third-order valence-corrected chi connectivity index (χ3v) is 4.17. The summed E-state index contributed by atoms with van der Waals surface area (Å²) in [7, 11) is 5.85. The molecule has 0 aliphatic rings. The van der Waals surface area contributed by atoms with Gasteiger partial charge in [-0.3, -0.25) is 4.99 Å². The van der Waals surface area contributed by atoms with Crippen molar-refractivity contribution >= 4 is 29.9 Å². The summed E-state index contributed by atoms with van der Waals surface area (Å²) in [5, 5.41) is 6.59. The van der Waals surface area contributed by atoms with E-state index >= 15 is 0 Å². The highest BCUT2D eigenvalue weighted by molar-refractivity contribution is 14.0. The van der Waals surface area contributed by atoms with Crippen LogP contribution in [-0.4, -0.2) is 56.7 Å². The fourth-order valence-corrected chi connectivity index (χ4v) is 1.89. The van der Waals surface area contributed by atoms with E-state index in [-0.39, 0.29) is 41.4 Å². The van der Waals surface area contributed by atoms with Crippen molar-refractivity contribution in [3.8, 4) is 5.75 Å². The fourth-order valence-electron chi connectivity index (χ4n) is 1.89. The normalized spacial score (nSPS) is 13.2. The smallest absolute Gasteiger partial charge is 0.191 e. The topological polar surface area (TPSA) is 48.9 Å². The number of nitrogens with one attached hydrogen (secondary N) is 2. The highest BCUT2D eigenvalue weighted by atomic mass is 127. The van der Waals surface area contributed by atoms with Crippen LogP contribution < -0.4 is 15.4 Å². The Morgan fingerprint density at radius 2 is 2.00 bits per heavy atom. The molecule has 7 heteroatoms.